The predicted molar refractivity (Wildman–Crippen MR) is 104 cm³/mol. The van der Waals surface area contributed by atoms with Crippen LogP contribution in [-0.4, -0.2) is 12.3 Å². The van der Waals surface area contributed by atoms with Crippen molar-refractivity contribution in [2.45, 2.75) is 44.0 Å². The molecule has 0 fully saturated rings. The number of carbonyl (C=O) groups excluding carboxylic acids is 1. The number of urea groups is 1. The van der Waals surface area contributed by atoms with E-state index in [0.717, 1.165) is 22.6 Å². The van der Waals surface area contributed by atoms with E-state index in [1.807, 2.05) is 37.4 Å². The summed E-state index contributed by atoms with van der Waals surface area (Å²) in [4.78, 5) is 13.3. The van der Waals surface area contributed by atoms with Gasteiger partial charge in [-0.25, -0.2) is 4.79 Å². The van der Waals surface area contributed by atoms with Crippen molar-refractivity contribution in [2.24, 2.45) is 0 Å². The van der Waals surface area contributed by atoms with Gasteiger partial charge in [0.15, 0.2) is 0 Å². The summed E-state index contributed by atoms with van der Waals surface area (Å²) in [5.41, 5.74) is 3.25. The van der Waals surface area contributed by atoms with E-state index >= 15 is 0 Å². The molecule has 0 heterocycles. The molecule has 0 bridgehead atoms. The van der Waals surface area contributed by atoms with E-state index in [0.29, 0.717) is 5.92 Å². The molecule has 4 heteroatoms. The van der Waals surface area contributed by atoms with Crippen LogP contribution in [0, 0.1) is 0 Å². The molecule has 0 aliphatic carbocycles. The number of benzene rings is 2. The lowest BCUT2D eigenvalue weighted by Crippen LogP contribution is -2.31. The molecule has 2 atom stereocenters. The van der Waals surface area contributed by atoms with E-state index < -0.39 is 0 Å². The van der Waals surface area contributed by atoms with Crippen LogP contribution in [0.5, 0.6) is 0 Å². The molecule has 128 valence electrons. The minimum Gasteiger partial charge on any atom is -0.331 e. The zero-order chi connectivity index (χ0) is 17.5. The predicted octanol–water partition coefficient (Wildman–Crippen LogP) is 5.80. The van der Waals surface area contributed by atoms with Gasteiger partial charge in [-0.1, -0.05) is 44.2 Å². The monoisotopic (exact) mass is 342 g/mol. The van der Waals surface area contributed by atoms with Crippen molar-refractivity contribution in [3.05, 3.63) is 59.7 Å². The molecule has 0 spiro atoms. The van der Waals surface area contributed by atoms with Crippen molar-refractivity contribution >= 4 is 23.5 Å². The maximum Gasteiger partial charge on any atom is 0.319 e. The maximum atomic E-state index is 12.2. The van der Waals surface area contributed by atoms with Gasteiger partial charge in [-0.15, -0.1) is 11.8 Å². The lowest BCUT2D eigenvalue weighted by Gasteiger charge is -2.17. The molecule has 0 aliphatic heterocycles. The molecule has 0 unspecified atom stereocenters. The average Bonchev–Trinajstić information content (AvgIpc) is 2.61. The highest BCUT2D eigenvalue weighted by molar-refractivity contribution is 7.98. The first-order valence-corrected chi connectivity index (χ1v) is 9.57. The van der Waals surface area contributed by atoms with Crippen LogP contribution >= 0.6 is 11.8 Å². The van der Waals surface area contributed by atoms with Crippen molar-refractivity contribution in [1.29, 1.82) is 0 Å². The lowest BCUT2D eigenvalue weighted by molar-refractivity contribution is 0.249. The van der Waals surface area contributed by atoms with Crippen LogP contribution in [0.25, 0.3) is 0 Å². The molecule has 24 heavy (non-hydrogen) atoms. The van der Waals surface area contributed by atoms with E-state index in [9.17, 15) is 4.79 Å². The number of nitrogens with one attached hydrogen (secondary N) is 2. The van der Waals surface area contributed by atoms with Gasteiger partial charge in [0.25, 0.3) is 0 Å². The minimum absolute atomic E-state index is 0.0419. The Morgan fingerprint density at radius 1 is 1.08 bits per heavy atom. The highest BCUT2D eigenvalue weighted by Crippen LogP contribution is 2.22. The molecular weight excluding hydrogens is 316 g/mol. The number of hydrogen-bond donors (Lipinski definition) is 2. The second-order valence-corrected chi connectivity index (χ2v) is 6.91. The Morgan fingerprint density at radius 2 is 1.75 bits per heavy atom. The van der Waals surface area contributed by atoms with Crippen molar-refractivity contribution < 1.29 is 4.79 Å². The van der Waals surface area contributed by atoms with Gasteiger partial charge in [0, 0.05) is 10.6 Å². The smallest absolute Gasteiger partial charge is 0.319 e. The Labute approximate surface area is 149 Å². The number of rotatable bonds is 6. The Morgan fingerprint density at radius 3 is 2.38 bits per heavy atom. The largest absolute Gasteiger partial charge is 0.331 e. The topological polar surface area (TPSA) is 41.1 Å². The summed E-state index contributed by atoms with van der Waals surface area (Å²) in [6.45, 7) is 6.42. The first kappa shape index (κ1) is 18.4. The number of thioether (sulfide) groups is 1. The second kappa shape index (κ2) is 8.78. The molecule has 0 saturated carbocycles. The van der Waals surface area contributed by atoms with Crippen LogP contribution < -0.4 is 10.6 Å². The van der Waals surface area contributed by atoms with Crippen LogP contribution in [-0.2, 0) is 0 Å². The van der Waals surface area contributed by atoms with Crippen molar-refractivity contribution in [3.63, 3.8) is 0 Å². The van der Waals surface area contributed by atoms with Crippen LogP contribution in [0.2, 0.25) is 0 Å². The maximum absolute atomic E-state index is 12.2. The van der Waals surface area contributed by atoms with Crippen molar-refractivity contribution in [3.8, 4) is 0 Å². The normalized spacial score (nSPS) is 13.2. The summed E-state index contributed by atoms with van der Waals surface area (Å²) in [6.07, 6.45) is 3.15. The SMILES string of the molecule is CC[C@@H](C)c1ccc([C@@H](C)NC(=O)Nc2cccc(SC)c2)cc1. The highest BCUT2D eigenvalue weighted by atomic mass is 32.2. The van der Waals surface area contributed by atoms with Gasteiger partial charge in [-0.2, -0.15) is 0 Å². The molecule has 2 rings (SSSR count). The van der Waals surface area contributed by atoms with E-state index in [1.165, 1.54) is 5.56 Å². The van der Waals surface area contributed by atoms with Crippen LogP contribution in [0.3, 0.4) is 0 Å². The van der Waals surface area contributed by atoms with Crippen LogP contribution in [0.4, 0.5) is 10.5 Å². The summed E-state index contributed by atoms with van der Waals surface area (Å²) < 4.78 is 0. The summed E-state index contributed by atoms with van der Waals surface area (Å²) >= 11 is 1.65. The van der Waals surface area contributed by atoms with E-state index in [2.05, 4.69) is 48.7 Å². The first-order chi connectivity index (χ1) is 11.5. The summed E-state index contributed by atoms with van der Waals surface area (Å²) in [5.74, 6) is 0.564. The lowest BCUT2D eigenvalue weighted by atomic mass is 9.96. The van der Waals surface area contributed by atoms with Gasteiger partial charge in [0.1, 0.15) is 0 Å². The van der Waals surface area contributed by atoms with Crippen LogP contribution in [0.15, 0.2) is 53.4 Å². The number of hydrogen-bond acceptors (Lipinski definition) is 2. The van der Waals surface area contributed by atoms with E-state index in [1.54, 1.807) is 11.8 Å². The molecular formula is C20H26N2OS. The first-order valence-electron chi connectivity index (χ1n) is 8.35. The summed E-state index contributed by atoms with van der Waals surface area (Å²) in [5, 5.41) is 5.88. The van der Waals surface area contributed by atoms with Gasteiger partial charge < -0.3 is 10.6 Å². The summed E-state index contributed by atoms with van der Waals surface area (Å²) in [7, 11) is 0. The molecule has 2 aromatic rings. The summed E-state index contributed by atoms with van der Waals surface area (Å²) in [6, 6.07) is 16.1. The Bertz CT molecular complexity index is 670. The molecule has 3 nitrogen and oxygen atoms in total. The molecule has 0 aromatic heterocycles. The molecule has 2 N–H and O–H groups in total. The minimum atomic E-state index is -0.188. The zero-order valence-electron chi connectivity index (χ0n) is 14.8. The third-order valence-corrected chi connectivity index (χ3v) is 5.02. The fraction of sp³-hybridized carbons (Fsp3) is 0.350. The van der Waals surface area contributed by atoms with Crippen molar-refractivity contribution in [2.75, 3.05) is 11.6 Å². The number of amides is 2. The average molecular weight is 343 g/mol. The van der Waals surface area contributed by atoms with Gasteiger partial charge in [0.2, 0.25) is 0 Å². The fourth-order valence-corrected chi connectivity index (χ4v) is 2.96. The Balaban J connectivity index is 1.95. The number of carbonyl (C=O) groups is 1. The molecule has 2 aromatic carbocycles. The van der Waals surface area contributed by atoms with Gasteiger partial charge in [-0.05, 0) is 54.8 Å². The molecule has 2 amide bonds. The third kappa shape index (κ3) is 5.03. The molecule has 0 saturated heterocycles. The van der Waals surface area contributed by atoms with Gasteiger partial charge in [-0.3, -0.25) is 0 Å². The van der Waals surface area contributed by atoms with Gasteiger partial charge in [0.05, 0.1) is 6.04 Å². The highest BCUT2D eigenvalue weighted by Gasteiger charge is 2.11. The molecule has 0 radical (unpaired) electrons. The second-order valence-electron chi connectivity index (χ2n) is 6.03. The standard InChI is InChI=1S/C20H26N2OS/c1-5-14(2)16-9-11-17(12-10-16)15(3)21-20(23)22-18-7-6-8-19(13-18)24-4/h6-15H,5H2,1-4H3,(H2,21,22,23)/t14-,15-/m1/s1. The van der Waals surface area contributed by atoms with Gasteiger partial charge >= 0.3 is 6.03 Å². The van der Waals surface area contributed by atoms with Crippen LogP contribution in [0.1, 0.15) is 50.3 Å². The third-order valence-electron chi connectivity index (χ3n) is 4.29. The Kier molecular flexibility index (Phi) is 6.73. The zero-order valence-corrected chi connectivity index (χ0v) is 15.6. The quantitative estimate of drug-likeness (QED) is 0.651. The Hall–Kier alpha value is -1.94. The van der Waals surface area contributed by atoms with E-state index in [4.69, 9.17) is 0 Å². The van der Waals surface area contributed by atoms with Crippen molar-refractivity contribution in [1.82, 2.24) is 5.32 Å². The molecule has 0 aliphatic rings. The fourth-order valence-electron chi connectivity index (χ4n) is 2.50. The van der Waals surface area contributed by atoms with E-state index in [-0.39, 0.29) is 12.1 Å². The number of anilines is 1.